The summed E-state index contributed by atoms with van der Waals surface area (Å²) in [6, 6.07) is 10.9. The van der Waals surface area contributed by atoms with Gasteiger partial charge < -0.3 is 9.73 Å². The van der Waals surface area contributed by atoms with E-state index in [2.05, 4.69) is 10.2 Å². The Balaban J connectivity index is 1.66. The van der Waals surface area contributed by atoms with Crippen LogP contribution in [-0.4, -0.2) is 30.4 Å². The molecule has 0 radical (unpaired) electrons. The van der Waals surface area contributed by atoms with Crippen LogP contribution >= 0.6 is 11.6 Å². The van der Waals surface area contributed by atoms with Crippen LogP contribution in [0.2, 0.25) is 5.02 Å². The quantitative estimate of drug-likeness (QED) is 0.903. The summed E-state index contributed by atoms with van der Waals surface area (Å²) in [4.78, 5) is 14.7. The number of halogens is 1. The molecule has 1 N–H and O–H groups in total. The molecule has 122 valence electrons. The Labute approximate surface area is 141 Å². The van der Waals surface area contributed by atoms with Crippen LogP contribution in [0.25, 0.3) is 0 Å². The molecule has 23 heavy (non-hydrogen) atoms. The number of amides is 1. The van der Waals surface area contributed by atoms with Crippen molar-refractivity contribution in [1.82, 2.24) is 10.2 Å². The number of likely N-dealkylation sites (tertiary alicyclic amines) is 1. The Hall–Kier alpha value is -1.78. The van der Waals surface area contributed by atoms with E-state index in [1.165, 1.54) is 19.3 Å². The third-order valence-electron chi connectivity index (χ3n) is 4.27. The molecule has 0 aliphatic carbocycles. The smallest absolute Gasteiger partial charge is 0.251 e. The molecule has 1 fully saturated rings. The van der Waals surface area contributed by atoms with Gasteiger partial charge in [-0.2, -0.15) is 0 Å². The SMILES string of the molecule is O=C(NC[C@H](c1ccco1)N1CCCCC1)c1ccc(Cl)cc1. The van der Waals surface area contributed by atoms with E-state index < -0.39 is 0 Å². The van der Waals surface area contributed by atoms with Crippen molar-refractivity contribution in [2.45, 2.75) is 25.3 Å². The van der Waals surface area contributed by atoms with Gasteiger partial charge in [0, 0.05) is 17.1 Å². The standard InChI is InChI=1S/C18H21ClN2O2/c19-15-8-6-14(7-9-15)18(22)20-13-16(17-5-4-12-23-17)21-10-2-1-3-11-21/h4-9,12,16H,1-3,10-11,13H2,(H,20,22)/t16-/m1/s1. The van der Waals surface area contributed by atoms with Crippen LogP contribution in [0.3, 0.4) is 0 Å². The van der Waals surface area contributed by atoms with Gasteiger partial charge >= 0.3 is 0 Å². The number of piperidine rings is 1. The molecule has 1 aliphatic heterocycles. The molecule has 3 rings (SSSR count). The molecule has 2 aromatic rings. The topological polar surface area (TPSA) is 45.5 Å². The van der Waals surface area contributed by atoms with Crippen LogP contribution < -0.4 is 5.32 Å². The first-order valence-corrected chi connectivity index (χ1v) is 8.43. The average molecular weight is 333 g/mol. The molecule has 1 saturated heterocycles. The Bertz CT molecular complexity index is 619. The van der Waals surface area contributed by atoms with Gasteiger partial charge in [0.25, 0.3) is 5.91 Å². The number of benzene rings is 1. The van der Waals surface area contributed by atoms with Gasteiger partial charge in [-0.1, -0.05) is 18.0 Å². The molecule has 0 saturated carbocycles. The largest absolute Gasteiger partial charge is 0.468 e. The van der Waals surface area contributed by atoms with E-state index in [1.807, 2.05) is 12.1 Å². The minimum atomic E-state index is -0.0877. The summed E-state index contributed by atoms with van der Waals surface area (Å²) in [6.07, 6.45) is 5.36. The highest BCUT2D eigenvalue weighted by Crippen LogP contribution is 2.24. The molecule has 0 spiro atoms. The third-order valence-corrected chi connectivity index (χ3v) is 4.52. The zero-order valence-corrected chi connectivity index (χ0v) is 13.8. The van der Waals surface area contributed by atoms with E-state index in [-0.39, 0.29) is 11.9 Å². The van der Waals surface area contributed by atoms with Gasteiger partial charge in [-0.15, -0.1) is 0 Å². The Morgan fingerprint density at radius 3 is 2.57 bits per heavy atom. The number of hydrogen-bond acceptors (Lipinski definition) is 3. The number of nitrogens with one attached hydrogen (secondary N) is 1. The van der Waals surface area contributed by atoms with Crippen LogP contribution in [0.1, 0.15) is 41.4 Å². The zero-order valence-electron chi connectivity index (χ0n) is 13.0. The monoisotopic (exact) mass is 332 g/mol. The maximum atomic E-state index is 12.3. The lowest BCUT2D eigenvalue weighted by Crippen LogP contribution is -2.40. The summed E-state index contributed by atoms with van der Waals surface area (Å²) in [6.45, 7) is 2.62. The van der Waals surface area contributed by atoms with Crippen LogP contribution in [0, 0.1) is 0 Å². The van der Waals surface area contributed by atoms with Gasteiger partial charge in [0.2, 0.25) is 0 Å². The molecule has 4 nitrogen and oxygen atoms in total. The predicted molar refractivity (Wildman–Crippen MR) is 90.7 cm³/mol. The first-order chi connectivity index (χ1) is 11.2. The van der Waals surface area contributed by atoms with E-state index in [1.54, 1.807) is 30.5 Å². The average Bonchev–Trinajstić information content (AvgIpc) is 3.11. The van der Waals surface area contributed by atoms with Crippen LogP contribution in [0.5, 0.6) is 0 Å². The molecule has 0 bridgehead atoms. The summed E-state index contributed by atoms with van der Waals surface area (Å²) < 4.78 is 5.59. The van der Waals surface area contributed by atoms with E-state index in [9.17, 15) is 4.79 Å². The van der Waals surface area contributed by atoms with Gasteiger partial charge in [0.1, 0.15) is 5.76 Å². The number of carbonyl (C=O) groups excluding carboxylic acids is 1. The van der Waals surface area contributed by atoms with Crippen molar-refractivity contribution in [1.29, 1.82) is 0 Å². The summed E-state index contributed by atoms with van der Waals surface area (Å²) in [5.41, 5.74) is 0.617. The van der Waals surface area contributed by atoms with E-state index in [0.29, 0.717) is 17.1 Å². The molecule has 1 aromatic carbocycles. The summed E-state index contributed by atoms with van der Waals surface area (Å²) in [5, 5.41) is 3.65. The maximum Gasteiger partial charge on any atom is 0.251 e. The van der Waals surface area contributed by atoms with Crippen molar-refractivity contribution in [3.8, 4) is 0 Å². The summed E-state index contributed by atoms with van der Waals surface area (Å²) in [7, 11) is 0. The highest BCUT2D eigenvalue weighted by Gasteiger charge is 2.25. The van der Waals surface area contributed by atoms with Crippen LogP contribution in [-0.2, 0) is 0 Å². The lowest BCUT2D eigenvalue weighted by atomic mass is 10.1. The highest BCUT2D eigenvalue weighted by molar-refractivity contribution is 6.30. The molecule has 5 heteroatoms. The van der Waals surface area contributed by atoms with Gasteiger partial charge in [-0.25, -0.2) is 0 Å². The minimum Gasteiger partial charge on any atom is -0.468 e. The molecular weight excluding hydrogens is 312 g/mol. The van der Waals surface area contributed by atoms with Crippen molar-refractivity contribution in [2.75, 3.05) is 19.6 Å². The van der Waals surface area contributed by atoms with Crippen molar-refractivity contribution in [3.63, 3.8) is 0 Å². The molecule has 0 unspecified atom stereocenters. The van der Waals surface area contributed by atoms with Crippen molar-refractivity contribution < 1.29 is 9.21 Å². The number of furan rings is 1. The van der Waals surface area contributed by atoms with Gasteiger partial charge in [-0.3, -0.25) is 9.69 Å². The molecule has 1 aliphatic rings. The normalized spacial score (nSPS) is 16.9. The van der Waals surface area contributed by atoms with Gasteiger partial charge in [-0.05, 0) is 62.3 Å². The van der Waals surface area contributed by atoms with E-state index in [0.717, 1.165) is 18.8 Å². The first-order valence-electron chi connectivity index (χ1n) is 8.05. The van der Waals surface area contributed by atoms with Crippen LogP contribution in [0.15, 0.2) is 47.1 Å². The second kappa shape index (κ2) is 7.66. The Kier molecular flexibility index (Phi) is 5.36. The molecule has 2 heterocycles. The number of rotatable bonds is 5. The molecular formula is C18H21ClN2O2. The minimum absolute atomic E-state index is 0.0848. The number of hydrogen-bond donors (Lipinski definition) is 1. The number of carbonyl (C=O) groups is 1. The Morgan fingerprint density at radius 1 is 1.17 bits per heavy atom. The van der Waals surface area contributed by atoms with E-state index in [4.69, 9.17) is 16.0 Å². The number of nitrogens with zero attached hydrogens (tertiary/aromatic N) is 1. The zero-order chi connectivity index (χ0) is 16.1. The second-order valence-electron chi connectivity index (χ2n) is 5.84. The van der Waals surface area contributed by atoms with Gasteiger partial charge in [0.15, 0.2) is 0 Å². The van der Waals surface area contributed by atoms with Crippen molar-refractivity contribution >= 4 is 17.5 Å². The third kappa shape index (κ3) is 4.15. The Morgan fingerprint density at radius 2 is 1.91 bits per heavy atom. The van der Waals surface area contributed by atoms with Crippen molar-refractivity contribution in [3.05, 3.63) is 59.0 Å². The molecule has 1 atom stereocenters. The lowest BCUT2D eigenvalue weighted by Gasteiger charge is -2.33. The summed E-state index contributed by atoms with van der Waals surface area (Å²) >= 11 is 5.86. The van der Waals surface area contributed by atoms with E-state index >= 15 is 0 Å². The second-order valence-corrected chi connectivity index (χ2v) is 6.28. The van der Waals surface area contributed by atoms with Crippen LogP contribution in [0.4, 0.5) is 0 Å². The summed E-state index contributed by atoms with van der Waals surface area (Å²) in [5.74, 6) is 0.818. The first kappa shape index (κ1) is 16.1. The molecule has 1 amide bonds. The fourth-order valence-electron chi connectivity index (χ4n) is 3.01. The predicted octanol–water partition coefficient (Wildman–Crippen LogP) is 3.89. The fourth-order valence-corrected chi connectivity index (χ4v) is 3.14. The van der Waals surface area contributed by atoms with Crippen molar-refractivity contribution in [2.24, 2.45) is 0 Å². The maximum absolute atomic E-state index is 12.3. The lowest BCUT2D eigenvalue weighted by molar-refractivity contribution is 0.0914. The fraction of sp³-hybridized carbons (Fsp3) is 0.389. The van der Waals surface area contributed by atoms with Gasteiger partial charge in [0.05, 0.1) is 12.3 Å². The highest BCUT2D eigenvalue weighted by atomic mass is 35.5. The molecule has 1 aromatic heterocycles.